The summed E-state index contributed by atoms with van der Waals surface area (Å²) in [5.41, 5.74) is 4.71. The number of nitrogens with two attached hydrogens (primary N) is 1. The third kappa shape index (κ3) is 104. The van der Waals surface area contributed by atoms with Crippen molar-refractivity contribution in [2.45, 2.75) is 52.4 Å². The Labute approximate surface area is 120 Å². The maximum Gasteiger partial charge on any atom is 2.00 e. The molecule has 0 heterocycles. The molecule has 0 bridgehead atoms. The monoisotopic (exact) mass is 299 g/mol. The van der Waals surface area contributed by atoms with Crippen LogP contribution in [0, 0.1) is 13.8 Å². The van der Waals surface area contributed by atoms with Crippen molar-refractivity contribution in [3.8, 4) is 0 Å². The van der Waals surface area contributed by atoms with Crippen LogP contribution in [0.5, 0.6) is 0 Å². The molecule has 0 aliphatic rings. The van der Waals surface area contributed by atoms with E-state index in [9.17, 15) is 0 Å². The molecule has 15 heavy (non-hydrogen) atoms. The zero-order chi connectivity index (χ0) is 11.8. The Morgan fingerprint density at radius 2 is 1.33 bits per heavy atom. The maximum absolute atomic E-state index is 4.71. The average Bonchev–Trinajstić information content (AvgIpc) is 2.07. The summed E-state index contributed by atoms with van der Waals surface area (Å²) >= 11 is 7.65. The van der Waals surface area contributed by atoms with Crippen LogP contribution in [0.3, 0.4) is 0 Å². The van der Waals surface area contributed by atoms with Crippen molar-refractivity contribution in [2.24, 2.45) is 5.73 Å². The molecule has 1 nitrogen and oxygen atoms in total. The molecule has 0 aromatic rings. The Morgan fingerprint density at radius 1 is 1.13 bits per heavy atom. The minimum atomic E-state index is 0. The van der Waals surface area contributed by atoms with Crippen LogP contribution in [-0.2, 0) is 19.5 Å². The Hall–Kier alpha value is 0.863. The van der Waals surface area contributed by atoms with E-state index in [0.29, 0.717) is 0 Å². The topological polar surface area (TPSA) is 26.0 Å². The van der Waals surface area contributed by atoms with Crippen LogP contribution in [0.15, 0.2) is 0 Å². The minimum Gasteiger partial charge on any atom is -0.385 e. The van der Waals surface area contributed by atoms with E-state index in [-0.39, 0.29) is 23.8 Å². The molecule has 0 aliphatic heterocycles. The van der Waals surface area contributed by atoms with Crippen molar-refractivity contribution in [1.29, 1.82) is 0 Å². The number of thiocarbonyl (C=S) groups is 1. The Kier molecular flexibility index (Phi) is 48.7. The number of hydrogen-bond donors (Lipinski definition) is 2. The smallest absolute Gasteiger partial charge is 0.385 e. The van der Waals surface area contributed by atoms with Gasteiger partial charge in [-0.3, -0.25) is 0 Å². The van der Waals surface area contributed by atoms with Gasteiger partial charge in [0.1, 0.15) is 4.32 Å². The molecule has 0 aromatic carbocycles. The molecule has 88 valence electrons. The van der Waals surface area contributed by atoms with E-state index in [4.69, 9.17) is 5.73 Å². The van der Waals surface area contributed by atoms with Gasteiger partial charge in [-0.15, -0.1) is 12.6 Å². The Morgan fingerprint density at radius 3 is 1.33 bits per heavy atom. The van der Waals surface area contributed by atoms with Gasteiger partial charge in [-0.05, 0) is 0 Å². The van der Waals surface area contributed by atoms with Crippen LogP contribution in [0.1, 0.15) is 52.4 Å². The van der Waals surface area contributed by atoms with Crippen LogP contribution < -0.4 is 5.73 Å². The SMILES string of the molecule is NC(=S)S.[CH2-]CCCC.[CH2-]CCCC.[Zn+2]. The largest absolute Gasteiger partial charge is 2.00 e. The van der Waals surface area contributed by atoms with Gasteiger partial charge in [0.15, 0.2) is 0 Å². The first kappa shape index (κ1) is 24.9. The summed E-state index contributed by atoms with van der Waals surface area (Å²) in [7, 11) is 0. The molecule has 0 atom stereocenters. The van der Waals surface area contributed by atoms with E-state index in [1.807, 2.05) is 0 Å². The van der Waals surface area contributed by atoms with Crippen molar-refractivity contribution in [3.63, 3.8) is 0 Å². The summed E-state index contributed by atoms with van der Waals surface area (Å²) in [6.45, 7) is 11.7. The zero-order valence-corrected chi connectivity index (χ0v) is 15.0. The quantitative estimate of drug-likeness (QED) is 0.352. The second-order valence-electron chi connectivity index (χ2n) is 2.75. The van der Waals surface area contributed by atoms with E-state index in [1.54, 1.807) is 0 Å². The average molecular weight is 301 g/mol. The van der Waals surface area contributed by atoms with E-state index >= 15 is 0 Å². The van der Waals surface area contributed by atoms with Gasteiger partial charge < -0.3 is 19.6 Å². The standard InChI is InChI=1S/2C5H11.CH3NS2.Zn/c2*1-3-5-4-2;2-1(3)4;/h2*1,3-5H2,2H3;(H3,2,3,4);/q2*-1;;+2. The molecule has 0 saturated heterocycles. The molecular weight excluding hydrogens is 276 g/mol. The molecule has 0 rings (SSSR count). The molecule has 4 heteroatoms. The summed E-state index contributed by atoms with van der Waals surface area (Å²) in [5.74, 6) is 0. The first-order valence-electron chi connectivity index (χ1n) is 5.13. The van der Waals surface area contributed by atoms with Gasteiger partial charge in [0.25, 0.3) is 0 Å². The van der Waals surface area contributed by atoms with Gasteiger partial charge in [0.2, 0.25) is 0 Å². The summed E-state index contributed by atoms with van der Waals surface area (Å²) in [6.07, 6.45) is 7.31. The van der Waals surface area contributed by atoms with Crippen molar-refractivity contribution in [1.82, 2.24) is 0 Å². The first-order valence-corrected chi connectivity index (χ1v) is 5.99. The van der Waals surface area contributed by atoms with Crippen LogP contribution in [0.2, 0.25) is 0 Å². The second kappa shape index (κ2) is 29.4. The second-order valence-corrected chi connectivity index (χ2v) is 3.98. The van der Waals surface area contributed by atoms with E-state index in [2.05, 4.69) is 52.5 Å². The first-order chi connectivity index (χ1) is 6.56. The predicted octanol–water partition coefficient (Wildman–Crippen LogP) is 4.18. The van der Waals surface area contributed by atoms with E-state index in [1.165, 1.54) is 25.7 Å². The van der Waals surface area contributed by atoms with Gasteiger partial charge in [0, 0.05) is 0 Å². The maximum atomic E-state index is 4.71. The van der Waals surface area contributed by atoms with E-state index in [0.717, 1.165) is 12.8 Å². The summed E-state index contributed by atoms with van der Waals surface area (Å²) in [6, 6.07) is 0. The predicted molar refractivity (Wildman–Crippen MR) is 75.5 cm³/mol. The molecule has 0 saturated carbocycles. The molecule has 0 fully saturated rings. The summed E-state index contributed by atoms with van der Waals surface area (Å²) < 4.78 is 0.194. The van der Waals surface area contributed by atoms with Crippen molar-refractivity contribution in [3.05, 3.63) is 13.8 Å². The number of thiol groups is 1. The normalized spacial score (nSPS) is 7.27. The zero-order valence-electron chi connectivity index (χ0n) is 10.3. The van der Waals surface area contributed by atoms with Crippen LogP contribution in [0.4, 0.5) is 0 Å². The molecular formula is C11H25NS2Zn. The van der Waals surface area contributed by atoms with Crippen molar-refractivity contribution in [2.75, 3.05) is 0 Å². The van der Waals surface area contributed by atoms with Gasteiger partial charge in [0.05, 0.1) is 0 Å². The molecule has 2 N–H and O–H groups in total. The van der Waals surface area contributed by atoms with Crippen LogP contribution in [0.25, 0.3) is 0 Å². The fraction of sp³-hybridized carbons (Fsp3) is 0.727. The van der Waals surface area contributed by atoms with Crippen LogP contribution in [-0.4, -0.2) is 4.32 Å². The van der Waals surface area contributed by atoms with Gasteiger partial charge in [-0.25, -0.2) is 0 Å². The third-order valence-corrected chi connectivity index (χ3v) is 1.21. The molecule has 0 aliphatic carbocycles. The van der Waals surface area contributed by atoms with E-state index < -0.39 is 0 Å². The third-order valence-electron chi connectivity index (χ3n) is 1.21. The fourth-order valence-electron chi connectivity index (χ4n) is 0.500. The molecule has 0 aromatic heterocycles. The van der Waals surface area contributed by atoms with Gasteiger partial charge in [-0.1, -0.05) is 51.7 Å². The Balaban J connectivity index is -0.0000000590. The van der Waals surface area contributed by atoms with Gasteiger partial charge >= 0.3 is 19.5 Å². The molecule has 0 radical (unpaired) electrons. The Bertz CT molecular complexity index is 86.6. The number of rotatable bonds is 4. The molecule has 0 amide bonds. The van der Waals surface area contributed by atoms with Crippen LogP contribution >= 0.6 is 24.8 Å². The summed E-state index contributed by atoms with van der Waals surface area (Å²) in [4.78, 5) is 0. The van der Waals surface area contributed by atoms with Crippen molar-refractivity contribution >= 4 is 29.2 Å². The number of unbranched alkanes of at least 4 members (excludes halogenated alkanes) is 4. The molecule has 0 spiro atoms. The van der Waals surface area contributed by atoms with Gasteiger partial charge in [-0.2, -0.15) is 12.8 Å². The summed E-state index contributed by atoms with van der Waals surface area (Å²) in [5, 5.41) is 0. The van der Waals surface area contributed by atoms with Crippen molar-refractivity contribution < 1.29 is 19.5 Å². The minimum absolute atomic E-state index is 0. The molecule has 0 unspecified atom stereocenters. The number of hydrogen-bond acceptors (Lipinski definition) is 1. The fourth-order valence-corrected chi connectivity index (χ4v) is 0.500.